The molecule has 5 rings (SSSR count). The standard InChI is InChI=1S/C25H23N3O3S/c1-27(15-19-17-30-21-10-5-6-11-22(21)31-19)25(29)20-16-28(14-18-8-3-2-4-9-18)26-24(20)23-12-7-13-32-23/h2-13,16,19H,14-15,17H2,1H3/t19-/m0/s1. The fraction of sp³-hybridized carbons (Fsp3) is 0.200. The van der Waals surface area contributed by atoms with Crippen LogP contribution in [0.1, 0.15) is 15.9 Å². The van der Waals surface area contributed by atoms with E-state index in [0.29, 0.717) is 36.7 Å². The number of fused-ring (bicyclic) bond motifs is 1. The molecule has 0 unspecified atom stereocenters. The number of carbonyl (C=O) groups is 1. The number of ether oxygens (including phenoxy) is 2. The molecule has 1 amide bonds. The second-order valence-electron chi connectivity index (χ2n) is 7.74. The molecule has 1 atom stereocenters. The van der Waals surface area contributed by atoms with Gasteiger partial charge in [-0.15, -0.1) is 11.3 Å². The van der Waals surface area contributed by atoms with Crippen molar-refractivity contribution in [2.45, 2.75) is 12.6 Å². The lowest BCUT2D eigenvalue weighted by Gasteiger charge is -2.29. The van der Waals surface area contributed by atoms with E-state index in [1.807, 2.05) is 70.9 Å². The summed E-state index contributed by atoms with van der Waals surface area (Å²) in [4.78, 5) is 16.1. The molecule has 4 aromatic rings. The van der Waals surface area contributed by atoms with Gasteiger partial charge >= 0.3 is 0 Å². The number of aromatic nitrogens is 2. The Balaban J connectivity index is 1.36. The minimum absolute atomic E-state index is 0.0878. The largest absolute Gasteiger partial charge is 0.486 e. The smallest absolute Gasteiger partial charge is 0.257 e. The Morgan fingerprint density at radius 2 is 1.88 bits per heavy atom. The van der Waals surface area contributed by atoms with Crippen LogP contribution in [0.5, 0.6) is 11.5 Å². The van der Waals surface area contributed by atoms with E-state index in [4.69, 9.17) is 14.6 Å². The van der Waals surface area contributed by atoms with Crippen molar-refractivity contribution >= 4 is 17.2 Å². The van der Waals surface area contributed by atoms with Crippen LogP contribution in [0.2, 0.25) is 0 Å². The molecule has 1 aliphatic heterocycles. The first-order valence-electron chi connectivity index (χ1n) is 10.5. The summed E-state index contributed by atoms with van der Waals surface area (Å²) in [6.07, 6.45) is 1.61. The molecule has 0 spiro atoms. The Bertz CT molecular complexity index is 1200. The number of para-hydroxylation sites is 2. The number of rotatable bonds is 6. The number of benzene rings is 2. The maximum Gasteiger partial charge on any atom is 0.257 e. The normalized spacial score (nSPS) is 14.8. The summed E-state index contributed by atoms with van der Waals surface area (Å²) in [7, 11) is 1.79. The van der Waals surface area contributed by atoms with Crippen molar-refractivity contribution in [2.24, 2.45) is 0 Å². The van der Waals surface area contributed by atoms with Gasteiger partial charge in [0.25, 0.3) is 5.91 Å². The molecule has 3 heterocycles. The lowest BCUT2D eigenvalue weighted by molar-refractivity contribution is 0.0521. The number of hydrogen-bond acceptors (Lipinski definition) is 5. The third-order valence-corrected chi connectivity index (χ3v) is 6.20. The summed E-state index contributed by atoms with van der Waals surface area (Å²) >= 11 is 1.58. The van der Waals surface area contributed by atoms with Crippen molar-refractivity contribution in [3.63, 3.8) is 0 Å². The molecule has 7 heteroatoms. The third kappa shape index (κ3) is 4.24. The van der Waals surface area contributed by atoms with Crippen LogP contribution < -0.4 is 9.47 Å². The van der Waals surface area contributed by atoms with E-state index >= 15 is 0 Å². The van der Waals surface area contributed by atoms with Crippen LogP contribution in [0.25, 0.3) is 10.6 Å². The van der Waals surface area contributed by atoms with Crippen LogP contribution in [-0.4, -0.2) is 46.9 Å². The molecule has 0 fully saturated rings. The van der Waals surface area contributed by atoms with Crippen molar-refractivity contribution in [1.82, 2.24) is 14.7 Å². The van der Waals surface area contributed by atoms with E-state index < -0.39 is 0 Å². The number of amides is 1. The lowest BCUT2D eigenvalue weighted by atomic mass is 10.2. The quantitative estimate of drug-likeness (QED) is 0.436. The van der Waals surface area contributed by atoms with Gasteiger partial charge in [0.05, 0.1) is 23.5 Å². The van der Waals surface area contributed by atoms with E-state index in [-0.39, 0.29) is 12.0 Å². The molecule has 2 aromatic heterocycles. The Labute approximate surface area is 190 Å². The van der Waals surface area contributed by atoms with Gasteiger partial charge in [-0.3, -0.25) is 9.48 Å². The number of carbonyl (C=O) groups excluding carboxylic acids is 1. The maximum absolute atomic E-state index is 13.4. The first kappa shape index (κ1) is 20.3. The SMILES string of the molecule is CN(C[C@H]1COc2ccccc2O1)C(=O)c1cn(Cc2ccccc2)nc1-c1cccs1. The zero-order chi connectivity index (χ0) is 21.9. The first-order chi connectivity index (χ1) is 15.7. The molecule has 0 bridgehead atoms. The predicted molar refractivity (Wildman–Crippen MR) is 124 cm³/mol. The zero-order valence-electron chi connectivity index (χ0n) is 17.7. The Morgan fingerprint density at radius 3 is 2.66 bits per heavy atom. The second-order valence-corrected chi connectivity index (χ2v) is 8.68. The fourth-order valence-electron chi connectivity index (χ4n) is 3.77. The van der Waals surface area contributed by atoms with Crippen LogP contribution in [0.4, 0.5) is 0 Å². The number of likely N-dealkylation sites (N-methyl/N-ethyl adjacent to an activating group) is 1. The third-order valence-electron chi connectivity index (χ3n) is 5.33. The van der Waals surface area contributed by atoms with Crippen molar-refractivity contribution in [3.05, 3.63) is 89.4 Å². The lowest BCUT2D eigenvalue weighted by Crippen LogP contribution is -2.41. The van der Waals surface area contributed by atoms with Gasteiger partial charge in [0.1, 0.15) is 12.3 Å². The summed E-state index contributed by atoms with van der Waals surface area (Å²) < 4.78 is 13.7. The zero-order valence-corrected chi connectivity index (χ0v) is 18.5. The highest BCUT2D eigenvalue weighted by Crippen LogP contribution is 2.31. The Kier molecular flexibility index (Phi) is 5.64. The van der Waals surface area contributed by atoms with Gasteiger partial charge in [0, 0.05) is 13.2 Å². The highest BCUT2D eigenvalue weighted by molar-refractivity contribution is 7.13. The highest BCUT2D eigenvalue weighted by Gasteiger charge is 2.27. The van der Waals surface area contributed by atoms with Crippen molar-refractivity contribution in [3.8, 4) is 22.1 Å². The number of hydrogen-bond donors (Lipinski definition) is 0. The Hall–Kier alpha value is -3.58. The van der Waals surface area contributed by atoms with Crippen molar-refractivity contribution in [1.29, 1.82) is 0 Å². The topological polar surface area (TPSA) is 56.6 Å². The summed E-state index contributed by atoms with van der Waals surface area (Å²) in [6.45, 7) is 1.42. The Morgan fingerprint density at radius 1 is 1.09 bits per heavy atom. The van der Waals surface area contributed by atoms with Crippen molar-refractivity contribution < 1.29 is 14.3 Å². The summed E-state index contributed by atoms with van der Waals surface area (Å²) in [5.74, 6) is 1.36. The monoisotopic (exact) mass is 445 g/mol. The fourth-order valence-corrected chi connectivity index (χ4v) is 4.49. The maximum atomic E-state index is 13.4. The van der Waals surface area contributed by atoms with Gasteiger partial charge in [0.15, 0.2) is 17.6 Å². The van der Waals surface area contributed by atoms with Crippen LogP contribution in [0, 0.1) is 0 Å². The van der Waals surface area contributed by atoms with Gasteiger partial charge in [-0.1, -0.05) is 48.5 Å². The van der Waals surface area contributed by atoms with E-state index in [1.165, 1.54) is 0 Å². The molecule has 2 aromatic carbocycles. The average molecular weight is 446 g/mol. The van der Waals surface area contributed by atoms with Gasteiger partial charge in [-0.2, -0.15) is 5.10 Å². The molecule has 0 radical (unpaired) electrons. The average Bonchev–Trinajstić information content (AvgIpc) is 3.49. The van der Waals surface area contributed by atoms with Crippen molar-refractivity contribution in [2.75, 3.05) is 20.2 Å². The molecule has 32 heavy (non-hydrogen) atoms. The van der Waals surface area contributed by atoms with Crippen LogP contribution in [0.3, 0.4) is 0 Å². The summed E-state index contributed by atoms with van der Waals surface area (Å²) in [5.41, 5.74) is 2.42. The first-order valence-corrected chi connectivity index (χ1v) is 11.3. The van der Waals surface area contributed by atoms with Gasteiger partial charge in [-0.25, -0.2) is 0 Å². The van der Waals surface area contributed by atoms with E-state index in [2.05, 4.69) is 12.1 Å². The van der Waals surface area contributed by atoms with Crippen LogP contribution in [-0.2, 0) is 6.54 Å². The molecule has 0 aliphatic carbocycles. The van der Waals surface area contributed by atoms with Crippen LogP contribution in [0.15, 0.2) is 78.3 Å². The number of thiophene rings is 1. The highest BCUT2D eigenvalue weighted by atomic mass is 32.1. The van der Waals surface area contributed by atoms with Gasteiger partial charge < -0.3 is 14.4 Å². The van der Waals surface area contributed by atoms with E-state index in [1.54, 1.807) is 23.3 Å². The van der Waals surface area contributed by atoms with E-state index in [9.17, 15) is 4.79 Å². The van der Waals surface area contributed by atoms with Gasteiger partial charge in [-0.05, 0) is 29.1 Å². The second kappa shape index (κ2) is 8.88. The molecule has 0 saturated heterocycles. The minimum Gasteiger partial charge on any atom is -0.486 e. The number of nitrogens with zero attached hydrogens (tertiary/aromatic N) is 3. The molecule has 162 valence electrons. The van der Waals surface area contributed by atoms with E-state index in [0.717, 1.165) is 16.2 Å². The minimum atomic E-state index is -0.233. The molecule has 0 N–H and O–H groups in total. The molecule has 1 aliphatic rings. The molecular formula is C25H23N3O3S. The predicted octanol–water partition coefficient (Wildman–Crippen LogP) is 4.57. The molecule has 0 saturated carbocycles. The summed E-state index contributed by atoms with van der Waals surface area (Å²) in [5, 5.41) is 6.75. The molecule has 6 nitrogen and oxygen atoms in total. The summed E-state index contributed by atoms with van der Waals surface area (Å²) in [6, 6.07) is 21.7. The van der Waals surface area contributed by atoms with Crippen LogP contribution >= 0.6 is 11.3 Å². The van der Waals surface area contributed by atoms with Gasteiger partial charge in [0.2, 0.25) is 0 Å². The molecular weight excluding hydrogens is 422 g/mol.